The fourth-order valence-corrected chi connectivity index (χ4v) is 3.31. The van der Waals surface area contributed by atoms with Crippen LogP contribution in [0.25, 0.3) is 0 Å². The van der Waals surface area contributed by atoms with Gasteiger partial charge in [0.05, 0.1) is 18.2 Å². The molecule has 7 nitrogen and oxygen atoms in total. The van der Waals surface area contributed by atoms with E-state index in [1.807, 2.05) is 19.9 Å². The van der Waals surface area contributed by atoms with Gasteiger partial charge in [-0.15, -0.1) is 0 Å². The largest absolute Gasteiger partial charge is 0.490 e. The molecule has 1 N–H and O–H groups in total. The van der Waals surface area contributed by atoms with Crippen molar-refractivity contribution >= 4 is 27.8 Å². The lowest BCUT2D eigenvalue weighted by molar-refractivity contribution is -0.119. The molecule has 8 heteroatoms. The van der Waals surface area contributed by atoms with E-state index >= 15 is 0 Å². The van der Waals surface area contributed by atoms with Crippen LogP contribution in [0.4, 0.5) is 5.69 Å². The van der Waals surface area contributed by atoms with Crippen molar-refractivity contribution in [1.29, 1.82) is 0 Å². The SMILES string of the molecule is C=CCOc1cccc(/C=N\NC(=O)CN(c2ccc(C)c(C)c2)S(C)(=O)=O)c1. The molecule has 1 amide bonds. The summed E-state index contributed by atoms with van der Waals surface area (Å²) in [5.74, 6) is 0.0992. The van der Waals surface area contributed by atoms with E-state index in [1.165, 1.54) is 6.21 Å². The standard InChI is InChI=1S/C21H25N3O4S/c1-5-11-28-20-8-6-7-18(13-20)14-22-23-21(25)15-24(29(4,26)27)19-10-9-16(2)17(3)12-19/h5-10,12-14H,1,11,15H2,2-4H3,(H,23,25)/b22-14-. The first-order valence-electron chi connectivity index (χ1n) is 8.91. The van der Waals surface area contributed by atoms with E-state index in [-0.39, 0.29) is 6.54 Å². The maximum absolute atomic E-state index is 12.3. The van der Waals surface area contributed by atoms with Crippen LogP contribution in [0.15, 0.2) is 60.2 Å². The number of hydrazone groups is 1. The molecule has 2 rings (SSSR count). The molecule has 0 aromatic heterocycles. The Morgan fingerprint density at radius 1 is 1.21 bits per heavy atom. The van der Waals surface area contributed by atoms with E-state index in [4.69, 9.17) is 4.74 Å². The van der Waals surface area contributed by atoms with E-state index in [9.17, 15) is 13.2 Å². The van der Waals surface area contributed by atoms with Crippen molar-refractivity contribution in [3.05, 3.63) is 71.8 Å². The molecule has 0 unspecified atom stereocenters. The van der Waals surface area contributed by atoms with Gasteiger partial charge in [-0.2, -0.15) is 5.10 Å². The third kappa shape index (κ3) is 6.76. The predicted octanol–water partition coefficient (Wildman–Crippen LogP) is 2.78. The van der Waals surface area contributed by atoms with Gasteiger partial charge in [-0.3, -0.25) is 9.10 Å². The van der Waals surface area contributed by atoms with Crippen molar-refractivity contribution in [3.63, 3.8) is 0 Å². The highest BCUT2D eigenvalue weighted by molar-refractivity contribution is 7.92. The number of carbonyl (C=O) groups is 1. The summed E-state index contributed by atoms with van der Waals surface area (Å²) in [6.45, 7) is 7.42. The van der Waals surface area contributed by atoms with Gasteiger partial charge in [-0.25, -0.2) is 13.8 Å². The second-order valence-corrected chi connectivity index (χ2v) is 8.41. The Bertz CT molecular complexity index is 1020. The molecule has 0 aliphatic heterocycles. The lowest BCUT2D eigenvalue weighted by Gasteiger charge is -2.22. The minimum absolute atomic E-state index is 0.374. The number of sulfonamides is 1. The number of rotatable bonds is 9. The Labute approximate surface area is 171 Å². The molecule has 2 aromatic carbocycles. The van der Waals surface area contributed by atoms with Gasteiger partial charge in [0, 0.05) is 0 Å². The summed E-state index contributed by atoms with van der Waals surface area (Å²) < 4.78 is 30.8. The fraction of sp³-hybridized carbons (Fsp3) is 0.238. The average Bonchev–Trinajstić information content (AvgIpc) is 2.66. The summed E-state index contributed by atoms with van der Waals surface area (Å²) in [6, 6.07) is 12.4. The number of hydrogen-bond acceptors (Lipinski definition) is 5. The highest BCUT2D eigenvalue weighted by Crippen LogP contribution is 2.21. The van der Waals surface area contributed by atoms with Gasteiger partial charge < -0.3 is 4.74 Å². The highest BCUT2D eigenvalue weighted by atomic mass is 32.2. The highest BCUT2D eigenvalue weighted by Gasteiger charge is 2.21. The van der Waals surface area contributed by atoms with Crippen molar-refractivity contribution in [2.45, 2.75) is 13.8 Å². The Kier molecular flexibility index (Phi) is 7.55. The summed E-state index contributed by atoms with van der Waals surface area (Å²) in [5.41, 5.74) is 5.49. The van der Waals surface area contributed by atoms with E-state index < -0.39 is 15.9 Å². The Morgan fingerprint density at radius 2 is 1.97 bits per heavy atom. The second-order valence-electron chi connectivity index (χ2n) is 6.50. The van der Waals surface area contributed by atoms with Crippen LogP contribution in [0.1, 0.15) is 16.7 Å². The molecule has 0 saturated heterocycles. The average molecular weight is 416 g/mol. The number of nitrogens with one attached hydrogen (secondary N) is 1. The molecule has 0 heterocycles. The molecule has 154 valence electrons. The van der Waals surface area contributed by atoms with Crippen molar-refractivity contribution in [2.75, 3.05) is 23.7 Å². The molecule has 0 spiro atoms. The van der Waals surface area contributed by atoms with Gasteiger partial charge >= 0.3 is 0 Å². The zero-order valence-electron chi connectivity index (χ0n) is 16.8. The molecule has 29 heavy (non-hydrogen) atoms. The molecule has 0 aliphatic carbocycles. The van der Waals surface area contributed by atoms with Crippen molar-refractivity contribution in [2.24, 2.45) is 5.10 Å². The zero-order chi connectivity index (χ0) is 21.4. The topological polar surface area (TPSA) is 88.1 Å². The number of benzene rings is 2. The molecule has 0 atom stereocenters. The van der Waals surface area contributed by atoms with Crippen LogP contribution >= 0.6 is 0 Å². The molecule has 0 fully saturated rings. The van der Waals surface area contributed by atoms with Crippen molar-refractivity contribution in [3.8, 4) is 5.75 Å². The van der Waals surface area contributed by atoms with Gasteiger partial charge in [0.15, 0.2) is 0 Å². The molecular formula is C21H25N3O4S. The number of aryl methyl sites for hydroxylation is 2. The van der Waals surface area contributed by atoms with Crippen LogP contribution < -0.4 is 14.5 Å². The first kappa shape index (κ1) is 22.2. The van der Waals surface area contributed by atoms with Gasteiger partial charge in [0.1, 0.15) is 18.9 Å². The van der Waals surface area contributed by atoms with Gasteiger partial charge in [-0.1, -0.05) is 30.9 Å². The molecule has 0 saturated carbocycles. The quantitative estimate of drug-likeness (QED) is 0.388. The molecule has 2 aromatic rings. The Hall–Kier alpha value is -3.13. The van der Waals surface area contributed by atoms with E-state index in [0.29, 0.717) is 18.0 Å². The number of amides is 1. The van der Waals surface area contributed by atoms with Gasteiger partial charge in [-0.05, 0) is 54.8 Å². The number of nitrogens with zero attached hydrogens (tertiary/aromatic N) is 2. The first-order chi connectivity index (χ1) is 13.7. The maximum Gasteiger partial charge on any atom is 0.260 e. The third-order valence-electron chi connectivity index (χ3n) is 4.09. The molecule has 0 radical (unpaired) electrons. The van der Waals surface area contributed by atoms with Crippen LogP contribution in [0.3, 0.4) is 0 Å². The number of carbonyl (C=O) groups excluding carboxylic acids is 1. The minimum atomic E-state index is -3.64. The summed E-state index contributed by atoms with van der Waals surface area (Å²) in [4.78, 5) is 12.3. The van der Waals surface area contributed by atoms with E-state index in [2.05, 4.69) is 17.1 Å². The van der Waals surface area contributed by atoms with Crippen molar-refractivity contribution in [1.82, 2.24) is 5.43 Å². The van der Waals surface area contributed by atoms with Crippen LogP contribution in [0, 0.1) is 13.8 Å². The maximum atomic E-state index is 12.3. The zero-order valence-corrected chi connectivity index (χ0v) is 17.6. The number of ether oxygens (including phenoxy) is 1. The second kappa shape index (κ2) is 9.88. The molecular weight excluding hydrogens is 390 g/mol. The Balaban J connectivity index is 2.06. The van der Waals surface area contributed by atoms with Crippen LogP contribution in [0.5, 0.6) is 5.75 Å². The summed E-state index contributed by atoms with van der Waals surface area (Å²) >= 11 is 0. The monoisotopic (exact) mass is 415 g/mol. The smallest absolute Gasteiger partial charge is 0.260 e. The first-order valence-corrected chi connectivity index (χ1v) is 10.8. The lowest BCUT2D eigenvalue weighted by Crippen LogP contribution is -2.39. The normalized spacial score (nSPS) is 11.3. The van der Waals surface area contributed by atoms with Gasteiger partial charge in [0.25, 0.3) is 5.91 Å². The summed E-state index contributed by atoms with van der Waals surface area (Å²) in [7, 11) is -3.64. The number of anilines is 1. The van der Waals surface area contributed by atoms with Crippen LogP contribution in [-0.2, 0) is 14.8 Å². The Morgan fingerprint density at radius 3 is 2.62 bits per heavy atom. The third-order valence-corrected chi connectivity index (χ3v) is 5.24. The molecule has 0 bridgehead atoms. The fourth-order valence-electron chi connectivity index (χ4n) is 2.47. The van der Waals surface area contributed by atoms with E-state index in [0.717, 1.165) is 27.3 Å². The van der Waals surface area contributed by atoms with Crippen molar-refractivity contribution < 1.29 is 17.9 Å². The van der Waals surface area contributed by atoms with Crippen LogP contribution in [0.2, 0.25) is 0 Å². The van der Waals surface area contributed by atoms with E-state index in [1.54, 1.807) is 42.5 Å². The minimum Gasteiger partial charge on any atom is -0.490 e. The molecule has 0 aliphatic rings. The van der Waals surface area contributed by atoms with Gasteiger partial charge in [0.2, 0.25) is 10.0 Å². The summed E-state index contributed by atoms with van der Waals surface area (Å²) in [6.07, 6.45) is 4.16. The van der Waals surface area contributed by atoms with Crippen LogP contribution in [-0.4, -0.2) is 39.9 Å². The summed E-state index contributed by atoms with van der Waals surface area (Å²) in [5, 5.41) is 3.90. The lowest BCUT2D eigenvalue weighted by atomic mass is 10.1. The predicted molar refractivity (Wildman–Crippen MR) is 116 cm³/mol. The number of hydrogen-bond donors (Lipinski definition) is 1.